The summed E-state index contributed by atoms with van der Waals surface area (Å²) in [6.45, 7) is 0. The Morgan fingerprint density at radius 1 is 1.07 bits per heavy atom. The number of rotatable bonds is 2. The summed E-state index contributed by atoms with van der Waals surface area (Å²) in [6.07, 6.45) is -2.96. The van der Waals surface area contributed by atoms with E-state index in [9.17, 15) is 18.0 Å². The van der Waals surface area contributed by atoms with Gasteiger partial charge in [-0.05, 0) is 43.5 Å². The van der Waals surface area contributed by atoms with Gasteiger partial charge in [0, 0.05) is 27.8 Å². The molecule has 0 spiro atoms. The van der Waals surface area contributed by atoms with Crippen molar-refractivity contribution in [1.82, 2.24) is 0 Å². The molecular formula is C20H21F3N4OS. The van der Waals surface area contributed by atoms with Crippen LogP contribution in [0.1, 0.15) is 24.8 Å². The van der Waals surface area contributed by atoms with Crippen molar-refractivity contribution in [1.29, 1.82) is 0 Å². The van der Waals surface area contributed by atoms with Crippen molar-refractivity contribution < 1.29 is 18.0 Å². The van der Waals surface area contributed by atoms with E-state index in [2.05, 4.69) is 10.6 Å². The van der Waals surface area contributed by atoms with E-state index >= 15 is 0 Å². The zero-order chi connectivity index (χ0) is 20.8. The normalized spacial score (nSPS) is 23.6. The second-order valence-electron chi connectivity index (χ2n) is 7.53. The average molecular weight is 422 g/mol. The van der Waals surface area contributed by atoms with Crippen molar-refractivity contribution in [3.63, 3.8) is 0 Å². The topological polar surface area (TPSA) is 93.2 Å². The lowest BCUT2D eigenvalue weighted by atomic mass is 9.82. The minimum atomic E-state index is -4.53. The number of amides is 1. The summed E-state index contributed by atoms with van der Waals surface area (Å²) < 4.78 is 40.4. The van der Waals surface area contributed by atoms with Crippen LogP contribution in [0.2, 0.25) is 0 Å². The molecule has 2 aliphatic rings. The van der Waals surface area contributed by atoms with Crippen LogP contribution in [0.5, 0.6) is 0 Å². The number of hydrogen-bond acceptors (Lipinski definition) is 5. The summed E-state index contributed by atoms with van der Waals surface area (Å²) in [5.41, 5.74) is 12.5. The number of hydrogen-bond donors (Lipinski definition) is 4. The molecule has 5 nitrogen and oxygen atoms in total. The molecule has 0 bridgehead atoms. The van der Waals surface area contributed by atoms with Crippen LogP contribution >= 0.6 is 11.8 Å². The van der Waals surface area contributed by atoms with Gasteiger partial charge >= 0.3 is 6.18 Å². The van der Waals surface area contributed by atoms with E-state index in [1.807, 2.05) is 24.3 Å². The van der Waals surface area contributed by atoms with Gasteiger partial charge in [-0.2, -0.15) is 13.2 Å². The van der Waals surface area contributed by atoms with E-state index in [0.717, 1.165) is 22.7 Å². The van der Waals surface area contributed by atoms with Crippen molar-refractivity contribution in [3.8, 4) is 0 Å². The van der Waals surface area contributed by atoms with E-state index in [4.69, 9.17) is 11.5 Å². The molecule has 1 amide bonds. The molecule has 2 unspecified atom stereocenters. The molecule has 154 valence electrons. The van der Waals surface area contributed by atoms with Crippen molar-refractivity contribution in [2.24, 2.45) is 17.4 Å². The Labute approximate surface area is 170 Å². The third-order valence-electron chi connectivity index (χ3n) is 5.20. The number of carbonyl (C=O) groups excluding carboxylic acids is 1. The molecule has 1 aliphatic heterocycles. The lowest BCUT2D eigenvalue weighted by Gasteiger charge is -2.31. The summed E-state index contributed by atoms with van der Waals surface area (Å²) in [5.74, 6) is -0.787. The van der Waals surface area contributed by atoms with Gasteiger partial charge in [0.1, 0.15) is 0 Å². The van der Waals surface area contributed by atoms with Crippen molar-refractivity contribution >= 4 is 34.7 Å². The predicted molar refractivity (Wildman–Crippen MR) is 107 cm³/mol. The number of nitrogens with two attached hydrogens (primary N) is 2. The Hall–Kier alpha value is -2.23. The number of anilines is 3. The van der Waals surface area contributed by atoms with Crippen LogP contribution in [-0.2, 0) is 11.0 Å². The van der Waals surface area contributed by atoms with Crippen molar-refractivity contribution in [2.75, 3.05) is 10.6 Å². The highest BCUT2D eigenvalue weighted by atomic mass is 32.2. The summed E-state index contributed by atoms with van der Waals surface area (Å²) in [7, 11) is 0. The number of nitrogens with one attached hydrogen (secondary N) is 2. The number of carbonyl (C=O) groups is 1. The van der Waals surface area contributed by atoms with Crippen LogP contribution in [0.25, 0.3) is 0 Å². The molecule has 0 saturated heterocycles. The van der Waals surface area contributed by atoms with Crippen LogP contribution in [0.4, 0.5) is 30.2 Å². The van der Waals surface area contributed by atoms with E-state index in [-0.39, 0.29) is 23.7 Å². The average Bonchev–Trinajstić information content (AvgIpc) is 2.65. The molecule has 1 saturated carbocycles. The van der Waals surface area contributed by atoms with Gasteiger partial charge in [0.2, 0.25) is 5.91 Å². The van der Waals surface area contributed by atoms with E-state index in [0.29, 0.717) is 29.8 Å². The van der Waals surface area contributed by atoms with Crippen LogP contribution < -0.4 is 22.1 Å². The Morgan fingerprint density at radius 2 is 1.76 bits per heavy atom. The minimum Gasteiger partial charge on any atom is -0.352 e. The molecule has 29 heavy (non-hydrogen) atoms. The van der Waals surface area contributed by atoms with Gasteiger partial charge in [-0.15, -0.1) is 0 Å². The first-order valence-electron chi connectivity index (χ1n) is 9.32. The quantitative estimate of drug-likeness (QED) is 0.494. The third-order valence-corrected chi connectivity index (χ3v) is 6.32. The summed E-state index contributed by atoms with van der Waals surface area (Å²) in [5, 5.41) is 5.86. The first-order chi connectivity index (χ1) is 13.7. The maximum absolute atomic E-state index is 13.5. The summed E-state index contributed by atoms with van der Waals surface area (Å²) in [6, 6.07) is 9.03. The largest absolute Gasteiger partial charge is 0.416 e. The monoisotopic (exact) mass is 422 g/mol. The summed E-state index contributed by atoms with van der Waals surface area (Å²) in [4.78, 5) is 14.0. The zero-order valence-electron chi connectivity index (χ0n) is 15.4. The van der Waals surface area contributed by atoms with Gasteiger partial charge in [-0.1, -0.05) is 23.9 Å². The number of halogens is 3. The number of benzene rings is 2. The van der Waals surface area contributed by atoms with Gasteiger partial charge in [0.05, 0.1) is 22.6 Å². The number of para-hydroxylation sites is 1. The zero-order valence-corrected chi connectivity index (χ0v) is 16.2. The molecule has 2 aromatic carbocycles. The molecule has 4 rings (SSSR count). The highest BCUT2D eigenvalue weighted by Crippen LogP contribution is 2.49. The fourth-order valence-corrected chi connectivity index (χ4v) is 4.92. The fraction of sp³-hybridized carbons (Fsp3) is 0.350. The third kappa shape index (κ3) is 4.22. The van der Waals surface area contributed by atoms with Gasteiger partial charge < -0.3 is 22.1 Å². The second-order valence-corrected chi connectivity index (χ2v) is 8.62. The molecule has 6 N–H and O–H groups in total. The van der Waals surface area contributed by atoms with Gasteiger partial charge in [0.25, 0.3) is 0 Å². The van der Waals surface area contributed by atoms with Crippen molar-refractivity contribution in [3.05, 3.63) is 42.0 Å². The van der Waals surface area contributed by atoms with E-state index in [1.54, 1.807) is 0 Å². The molecule has 1 fully saturated rings. The Kier molecular flexibility index (Phi) is 5.22. The number of alkyl halides is 3. The second kappa shape index (κ2) is 7.55. The maximum atomic E-state index is 13.5. The lowest BCUT2D eigenvalue weighted by molar-refractivity contribution is -0.137. The molecule has 1 heterocycles. The smallest absolute Gasteiger partial charge is 0.352 e. The highest BCUT2D eigenvalue weighted by molar-refractivity contribution is 7.99. The molecule has 0 radical (unpaired) electrons. The standard InChI is InChI=1S/C20H21F3N4OS/c21-20(22,23)11-7-15(27-19(28)10-5-12(24)9-13(25)6-10)18-17(8-11)29-16-4-2-1-3-14(16)26-18/h1-4,7-8,10,12-13,26H,5-6,9,24-25H2,(H,27,28). The molecular weight excluding hydrogens is 401 g/mol. The Morgan fingerprint density at radius 3 is 2.45 bits per heavy atom. The first-order valence-corrected chi connectivity index (χ1v) is 10.1. The first kappa shape index (κ1) is 20.1. The van der Waals surface area contributed by atoms with Gasteiger partial charge in [-0.3, -0.25) is 4.79 Å². The van der Waals surface area contributed by atoms with Crippen molar-refractivity contribution in [2.45, 2.75) is 47.3 Å². The summed E-state index contributed by atoms with van der Waals surface area (Å²) >= 11 is 1.24. The van der Waals surface area contributed by atoms with Crippen LogP contribution in [0.15, 0.2) is 46.2 Å². The maximum Gasteiger partial charge on any atom is 0.416 e. The van der Waals surface area contributed by atoms with Gasteiger partial charge in [-0.25, -0.2) is 0 Å². The van der Waals surface area contributed by atoms with E-state index < -0.39 is 17.7 Å². The molecule has 2 aromatic rings. The van der Waals surface area contributed by atoms with E-state index in [1.165, 1.54) is 11.8 Å². The molecule has 0 aromatic heterocycles. The molecule has 1 aliphatic carbocycles. The lowest BCUT2D eigenvalue weighted by Crippen LogP contribution is -2.43. The number of fused-ring (bicyclic) bond motifs is 2. The minimum absolute atomic E-state index is 0.106. The van der Waals surface area contributed by atoms with Gasteiger partial charge in [0.15, 0.2) is 0 Å². The Bertz CT molecular complexity index is 940. The highest BCUT2D eigenvalue weighted by Gasteiger charge is 2.35. The fourth-order valence-electron chi connectivity index (χ4n) is 3.86. The van der Waals surface area contributed by atoms with Crippen LogP contribution in [0.3, 0.4) is 0 Å². The SMILES string of the molecule is NC1CC(N)CC(C(=O)Nc2cc(C(F)(F)F)cc3c2Nc2ccccc2S3)C1. The Balaban J connectivity index is 1.68. The molecule has 9 heteroatoms. The van der Waals surface area contributed by atoms with Crippen LogP contribution in [0, 0.1) is 5.92 Å². The predicted octanol–water partition coefficient (Wildman–Crippen LogP) is 4.31. The van der Waals surface area contributed by atoms with Crippen LogP contribution in [-0.4, -0.2) is 18.0 Å². The molecule has 2 atom stereocenters.